The molecule has 0 amide bonds. The van der Waals surface area contributed by atoms with Crippen molar-refractivity contribution in [2.75, 3.05) is 0 Å². The van der Waals surface area contributed by atoms with Crippen molar-refractivity contribution in [3.05, 3.63) is 22.6 Å². The van der Waals surface area contributed by atoms with Crippen LogP contribution < -0.4 is 11.3 Å². The van der Waals surface area contributed by atoms with Crippen molar-refractivity contribution in [1.82, 2.24) is 5.43 Å². The molecule has 96 valence electrons. The van der Waals surface area contributed by atoms with Gasteiger partial charge in [-0.3, -0.25) is 5.84 Å². The number of nitrogens with two attached hydrogens (primary N) is 1. The minimum absolute atomic E-state index is 0.136. The van der Waals surface area contributed by atoms with Gasteiger partial charge in [-0.2, -0.15) is 0 Å². The van der Waals surface area contributed by atoms with Gasteiger partial charge in [0.1, 0.15) is 5.76 Å². The molecule has 0 saturated heterocycles. The van der Waals surface area contributed by atoms with E-state index in [1.54, 1.807) is 6.26 Å². The fraction of sp³-hybridized carbons (Fsp3) is 0.692. The number of hydrogen-bond donors (Lipinski definition) is 2. The Morgan fingerprint density at radius 3 is 2.65 bits per heavy atom. The number of nitrogens with one attached hydrogen (secondary N) is 1. The van der Waals surface area contributed by atoms with E-state index in [1.807, 2.05) is 6.07 Å². The number of halogens is 1. The van der Waals surface area contributed by atoms with Gasteiger partial charge in [0.15, 0.2) is 0 Å². The van der Waals surface area contributed by atoms with Gasteiger partial charge in [-0.05, 0) is 46.7 Å². The van der Waals surface area contributed by atoms with E-state index in [1.165, 1.54) is 32.1 Å². The van der Waals surface area contributed by atoms with Crippen molar-refractivity contribution >= 4 is 15.9 Å². The number of furan rings is 1. The van der Waals surface area contributed by atoms with E-state index >= 15 is 0 Å². The largest absolute Gasteiger partial charge is 0.466 e. The van der Waals surface area contributed by atoms with Crippen LogP contribution in [0.4, 0.5) is 0 Å². The van der Waals surface area contributed by atoms with Crippen LogP contribution in [-0.4, -0.2) is 0 Å². The highest BCUT2D eigenvalue weighted by Gasteiger charge is 2.30. The molecule has 1 atom stereocenters. The van der Waals surface area contributed by atoms with Crippen LogP contribution in [0, 0.1) is 11.8 Å². The van der Waals surface area contributed by atoms with E-state index in [2.05, 4.69) is 28.3 Å². The maximum atomic E-state index is 5.70. The highest BCUT2D eigenvalue weighted by atomic mass is 79.9. The molecule has 0 radical (unpaired) electrons. The second-order valence-electron chi connectivity index (χ2n) is 4.97. The monoisotopic (exact) mass is 300 g/mol. The van der Waals surface area contributed by atoms with Gasteiger partial charge in [0.05, 0.1) is 16.8 Å². The Morgan fingerprint density at radius 1 is 1.47 bits per heavy atom. The van der Waals surface area contributed by atoms with Gasteiger partial charge >= 0.3 is 0 Å². The Bertz CT molecular complexity index is 345. The van der Waals surface area contributed by atoms with Gasteiger partial charge in [0.25, 0.3) is 0 Å². The summed E-state index contributed by atoms with van der Waals surface area (Å²) >= 11 is 3.51. The van der Waals surface area contributed by atoms with Gasteiger partial charge in [0, 0.05) is 0 Å². The molecule has 3 nitrogen and oxygen atoms in total. The summed E-state index contributed by atoms with van der Waals surface area (Å²) < 4.78 is 6.55. The third kappa shape index (κ3) is 2.92. The lowest BCUT2D eigenvalue weighted by Gasteiger charge is -2.32. The highest BCUT2D eigenvalue weighted by Crippen LogP contribution is 2.39. The summed E-state index contributed by atoms with van der Waals surface area (Å²) in [6, 6.07) is 2.06. The quantitative estimate of drug-likeness (QED) is 0.657. The lowest BCUT2D eigenvalue weighted by molar-refractivity contribution is 0.202. The second kappa shape index (κ2) is 6.03. The summed E-state index contributed by atoms with van der Waals surface area (Å²) in [5.41, 5.74) is 2.92. The summed E-state index contributed by atoms with van der Waals surface area (Å²) in [6.07, 6.45) is 8.12. The molecule has 1 fully saturated rings. The summed E-state index contributed by atoms with van der Waals surface area (Å²) in [7, 11) is 0. The van der Waals surface area contributed by atoms with Crippen molar-refractivity contribution in [3.8, 4) is 0 Å². The predicted molar refractivity (Wildman–Crippen MR) is 72.2 cm³/mol. The molecular formula is C13H21BrN2O. The molecule has 1 aliphatic rings. The first-order valence-corrected chi connectivity index (χ1v) is 7.24. The topological polar surface area (TPSA) is 51.2 Å². The SMILES string of the molecule is CCC1CCC(C(NN)c2occc2Br)CC1. The van der Waals surface area contributed by atoms with Crippen LogP contribution in [0.5, 0.6) is 0 Å². The minimum atomic E-state index is 0.136. The van der Waals surface area contributed by atoms with Crippen molar-refractivity contribution in [3.63, 3.8) is 0 Å². The maximum absolute atomic E-state index is 5.70. The van der Waals surface area contributed by atoms with E-state index in [-0.39, 0.29) is 6.04 Å². The molecule has 0 aromatic carbocycles. The Balaban J connectivity index is 2.03. The molecule has 1 aromatic rings. The molecule has 0 spiro atoms. The van der Waals surface area contributed by atoms with Crippen molar-refractivity contribution in [2.45, 2.75) is 45.1 Å². The molecule has 17 heavy (non-hydrogen) atoms. The molecule has 3 N–H and O–H groups in total. The first-order chi connectivity index (χ1) is 8.26. The van der Waals surface area contributed by atoms with Crippen LogP contribution in [0.1, 0.15) is 50.8 Å². The smallest absolute Gasteiger partial charge is 0.136 e. The molecular weight excluding hydrogens is 280 g/mol. The van der Waals surface area contributed by atoms with Crippen LogP contribution in [-0.2, 0) is 0 Å². The molecule has 1 heterocycles. The second-order valence-corrected chi connectivity index (χ2v) is 5.82. The Kier molecular flexibility index (Phi) is 4.65. The van der Waals surface area contributed by atoms with Crippen molar-refractivity contribution in [1.29, 1.82) is 0 Å². The highest BCUT2D eigenvalue weighted by molar-refractivity contribution is 9.10. The van der Waals surface area contributed by atoms with E-state index in [9.17, 15) is 0 Å². The van der Waals surface area contributed by atoms with E-state index in [4.69, 9.17) is 10.3 Å². The fourth-order valence-corrected chi connectivity index (χ4v) is 3.33. The molecule has 2 rings (SSSR count). The molecule has 0 bridgehead atoms. The third-order valence-electron chi connectivity index (χ3n) is 4.05. The summed E-state index contributed by atoms with van der Waals surface area (Å²) in [6.45, 7) is 2.28. The van der Waals surface area contributed by atoms with Gasteiger partial charge < -0.3 is 4.42 Å². The first-order valence-electron chi connectivity index (χ1n) is 6.45. The molecule has 1 aliphatic carbocycles. The van der Waals surface area contributed by atoms with Gasteiger partial charge in [-0.15, -0.1) is 0 Å². The van der Waals surface area contributed by atoms with Gasteiger partial charge in [-0.25, -0.2) is 5.43 Å². The third-order valence-corrected chi connectivity index (χ3v) is 4.70. The van der Waals surface area contributed by atoms with Crippen LogP contribution >= 0.6 is 15.9 Å². The van der Waals surface area contributed by atoms with Gasteiger partial charge in [0.2, 0.25) is 0 Å². The van der Waals surface area contributed by atoms with E-state index in [0.29, 0.717) is 5.92 Å². The lowest BCUT2D eigenvalue weighted by atomic mass is 9.77. The molecule has 1 unspecified atom stereocenters. The zero-order chi connectivity index (χ0) is 12.3. The lowest BCUT2D eigenvalue weighted by Crippen LogP contribution is -2.35. The van der Waals surface area contributed by atoms with E-state index < -0.39 is 0 Å². The van der Waals surface area contributed by atoms with Crippen molar-refractivity contribution in [2.24, 2.45) is 17.7 Å². The average Bonchev–Trinajstić information content (AvgIpc) is 2.78. The fourth-order valence-electron chi connectivity index (χ4n) is 2.88. The number of hydrogen-bond acceptors (Lipinski definition) is 3. The zero-order valence-corrected chi connectivity index (χ0v) is 11.9. The molecule has 1 saturated carbocycles. The molecule has 1 aromatic heterocycles. The summed E-state index contributed by atoms with van der Waals surface area (Å²) in [5.74, 6) is 8.13. The normalized spacial score (nSPS) is 27.0. The van der Waals surface area contributed by atoms with Crippen LogP contribution in [0.15, 0.2) is 21.2 Å². The molecule has 0 aliphatic heterocycles. The Morgan fingerprint density at radius 2 is 2.18 bits per heavy atom. The van der Waals surface area contributed by atoms with E-state index in [0.717, 1.165) is 16.2 Å². The molecule has 4 heteroatoms. The van der Waals surface area contributed by atoms with Gasteiger partial charge in [-0.1, -0.05) is 26.2 Å². The maximum Gasteiger partial charge on any atom is 0.136 e. The summed E-state index contributed by atoms with van der Waals surface area (Å²) in [4.78, 5) is 0. The number of rotatable bonds is 4. The zero-order valence-electron chi connectivity index (χ0n) is 10.3. The number of hydrazine groups is 1. The first kappa shape index (κ1) is 13.1. The van der Waals surface area contributed by atoms with Crippen LogP contribution in [0.25, 0.3) is 0 Å². The van der Waals surface area contributed by atoms with Crippen molar-refractivity contribution < 1.29 is 4.42 Å². The Hall–Kier alpha value is -0.320. The minimum Gasteiger partial charge on any atom is -0.466 e. The standard InChI is InChI=1S/C13H21BrN2O/c1-2-9-3-5-10(6-4-9)12(16-15)13-11(14)7-8-17-13/h7-10,12,16H,2-6,15H2,1H3. The Labute approximate surface area is 111 Å². The van der Waals surface area contributed by atoms with Crippen LogP contribution in [0.3, 0.4) is 0 Å². The predicted octanol–water partition coefficient (Wildman–Crippen LogP) is 3.76. The average molecular weight is 301 g/mol. The summed E-state index contributed by atoms with van der Waals surface area (Å²) in [5, 5.41) is 0. The van der Waals surface area contributed by atoms with Crippen LogP contribution in [0.2, 0.25) is 0 Å².